The molecule has 0 unspecified atom stereocenters. The third-order valence-electron chi connectivity index (χ3n) is 8.15. The zero-order chi connectivity index (χ0) is 24.0. The largest absolute Gasteiger partial charge is 0.480 e. The van der Waals surface area contributed by atoms with Gasteiger partial charge < -0.3 is 10.1 Å². The van der Waals surface area contributed by atoms with E-state index in [2.05, 4.69) is 4.98 Å². The van der Waals surface area contributed by atoms with Gasteiger partial charge in [-0.05, 0) is 47.8 Å². The van der Waals surface area contributed by atoms with Crippen molar-refractivity contribution in [3.63, 3.8) is 0 Å². The minimum Gasteiger partial charge on any atom is -0.480 e. The van der Waals surface area contributed by atoms with E-state index < -0.39 is 23.8 Å². The minimum atomic E-state index is -1.15. The number of thiazole rings is 1. The van der Waals surface area contributed by atoms with Crippen LogP contribution >= 0.6 is 34.7 Å². The lowest BCUT2D eigenvalue weighted by molar-refractivity contribution is -0.157. The molecule has 4 aliphatic rings. The van der Waals surface area contributed by atoms with Crippen molar-refractivity contribution in [2.75, 3.05) is 0 Å². The molecule has 2 aliphatic carbocycles. The number of rotatable bonds is 4. The van der Waals surface area contributed by atoms with Gasteiger partial charge in [-0.15, -0.1) is 11.8 Å². The number of fused-ring (bicyclic) bond motifs is 9. The number of carboxylic acids is 1. The quantitative estimate of drug-likeness (QED) is 0.598. The fourth-order valence-electron chi connectivity index (χ4n) is 7.05. The van der Waals surface area contributed by atoms with Crippen molar-refractivity contribution in [1.82, 2.24) is 9.88 Å². The number of carbonyl (C=O) groups excluding carboxylic acids is 2. The first-order chi connectivity index (χ1) is 16.2. The summed E-state index contributed by atoms with van der Waals surface area (Å²) in [4.78, 5) is 56.3. The number of benzene rings is 1. The molecule has 2 aliphatic heterocycles. The number of likely N-dealkylation sites (tertiary alicyclic amines) is 1. The van der Waals surface area contributed by atoms with Crippen LogP contribution in [0.2, 0.25) is 5.02 Å². The van der Waals surface area contributed by atoms with E-state index in [1.54, 1.807) is 25.6 Å². The van der Waals surface area contributed by atoms with E-state index in [1.165, 1.54) is 11.3 Å². The van der Waals surface area contributed by atoms with Crippen LogP contribution in [0.3, 0.4) is 0 Å². The zero-order valence-corrected chi connectivity index (χ0v) is 20.8. The number of hydrogen-bond donors (Lipinski definition) is 2. The Kier molecular flexibility index (Phi) is 5.07. The molecule has 2 amide bonds. The molecule has 2 bridgehead atoms. The van der Waals surface area contributed by atoms with Crippen LogP contribution in [0.4, 0.5) is 0 Å². The zero-order valence-electron chi connectivity index (χ0n) is 18.4. The first-order valence-electron chi connectivity index (χ1n) is 11.4. The van der Waals surface area contributed by atoms with E-state index in [0.717, 1.165) is 26.8 Å². The standard InChI is InChI=1S/C24H23ClN2O5S2/c1-8(2)17(23(30)31)27-21(28)15-11-7-12(16(15)22(27)29)18-14(11)13(9-3-5-10(25)6-4-9)19-20(33-18)26-24(32)34-19/h3-6,8,11-18H,7H2,1-2H3,(H,26,32)(H,30,31)/t11-,12-,13-,14-,15+,16-,17-,18+/m1/s1. The third-order valence-corrected chi connectivity index (χ3v) is 11.0. The van der Waals surface area contributed by atoms with Gasteiger partial charge in [0.25, 0.3) is 0 Å². The average Bonchev–Trinajstić information content (AvgIpc) is 3.49. The Labute approximate surface area is 208 Å². The number of H-pyrrole nitrogens is 1. The van der Waals surface area contributed by atoms with Crippen molar-refractivity contribution in [2.24, 2.45) is 35.5 Å². The molecule has 3 fully saturated rings. The van der Waals surface area contributed by atoms with Crippen molar-refractivity contribution in [3.8, 4) is 0 Å². The Balaban J connectivity index is 1.44. The second-order valence-electron chi connectivity index (χ2n) is 10.1. The highest BCUT2D eigenvalue weighted by Gasteiger charge is 2.70. The van der Waals surface area contributed by atoms with Crippen LogP contribution in [-0.2, 0) is 14.4 Å². The van der Waals surface area contributed by atoms with E-state index in [4.69, 9.17) is 11.6 Å². The highest BCUT2D eigenvalue weighted by molar-refractivity contribution is 8.00. The summed E-state index contributed by atoms with van der Waals surface area (Å²) in [5, 5.41) is 11.3. The summed E-state index contributed by atoms with van der Waals surface area (Å²) < 4.78 is 0. The highest BCUT2D eigenvalue weighted by atomic mass is 35.5. The molecule has 2 saturated carbocycles. The Hall–Kier alpha value is -2.10. The van der Waals surface area contributed by atoms with Gasteiger partial charge >= 0.3 is 10.8 Å². The van der Waals surface area contributed by atoms with Gasteiger partial charge in [-0.2, -0.15) is 0 Å². The summed E-state index contributed by atoms with van der Waals surface area (Å²) in [5.74, 6) is -3.24. The molecule has 10 heteroatoms. The molecule has 7 nitrogen and oxygen atoms in total. The molecular formula is C24H23ClN2O5S2. The molecule has 3 heterocycles. The van der Waals surface area contributed by atoms with Crippen molar-refractivity contribution in [1.29, 1.82) is 0 Å². The second-order valence-corrected chi connectivity index (χ2v) is 12.7. The van der Waals surface area contributed by atoms with E-state index in [9.17, 15) is 24.3 Å². The number of hydrogen-bond acceptors (Lipinski definition) is 6. The summed E-state index contributed by atoms with van der Waals surface area (Å²) >= 11 is 8.97. The van der Waals surface area contributed by atoms with Crippen LogP contribution < -0.4 is 4.87 Å². The van der Waals surface area contributed by atoms with Gasteiger partial charge in [0.05, 0.1) is 16.9 Å². The van der Waals surface area contributed by atoms with E-state index in [1.807, 2.05) is 24.3 Å². The number of aromatic nitrogens is 1. The molecule has 1 aromatic heterocycles. The van der Waals surface area contributed by atoms with Crippen LogP contribution in [0.1, 0.15) is 36.6 Å². The van der Waals surface area contributed by atoms with Gasteiger partial charge in [0, 0.05) is 21.1 Å². The van der Waals surface area contributed by atoms with E-state index in [-0.39, 0.29) is 51.5 Å². The van der Waals surface area contributed by atoms with Gasteiger partial charge in [0.1, 0.15) is 6.04 Å². The number of carbonyl (C=O) groups is 3. The molecular weight excluding hydrogens is 496 g/mol. The van der Waals surface area contributed by atoms with Crippen LogP contribution in [0, 0.1) is 35.5 Å². The van der Waals surface area contributed by atoms with Gasteiger partial charge in [0.2, 0.25) is 11.8 Å². The summed E-state index contributed by atoms with van der Waals surface area (Å²) in [6.07, 6.45) is 0.770. The summed E-state index contributed by atoms with van der Waals surface area (Å²) in [5.41, 5.74) is 1.04. The number of aromatic amines is 1. The number of amides is 2. The molecule has 6 rings (SSSR count). The molecule has 1 aromatic carbocycles. The van der Waals surface area contributed by atoms with Crippen molar-refractivity contribution >= 4 is 52.5 Å². The Bertz CT molecular complexity index is 1270. The number of thioether (sulfide) groups is 1. The van der Waals surface area contributed by atoms with E-state index in [0.29, 0.717) is 5.02 Å². The molecule has 2 aromatic rings. The van der Waals surface area contributed by atoms with Gasteiger partial charge in [-0.25, -0.2) is 4.79 Å². The molecule has 8 atom stereocenters. The fourth-order valence-corrected chi connectivity index (χ4v) is 10.1. The van der Waals surface area contributed by atoms with Crippen LogP contribution in [0.25, 0.3) is 0 Å². The number of nitrogens with one attached hydrogen (secondary N) is 1. The smallest absolute Gasteiger partial charge is 0.327 e. The van der Waals surface area contributed by atoms with Gasteiger partial charge in [-0.3, -0.25) is 19.3 Å². The summed E-state index contributed by atoms with van der Waals surface area (Å²) in [6, 6.07) is 6.48. The lowest BCUT2D eigenvalue weighted by atomic mass is 9.68. The lowest BCUT2D eigenvalue weighted by Crippen LogP contribution is -2.49. The molecule has 1 saturated heterocycles. The number of imide groups is 1. The Morgan fingerprint density at radius 3 is 2.38 bits per heavy atom. The monoisotopic (exact) mass is 518 g/mol. The molecule has 0 radical (unpaired) electrons. The molecule has 178 valence electrons. The first-order valence-corrected chi connectivity index (χ1v) is 13.5. The SMILES string of the molecule is CC(C)[C@H](C(=O)O)N1C(=O)[C@@H]2[C@H]3C[C@@H]([C@@H]2C1=O)[C@@H]1[C@@H](c2ccc(Cl)cc2)c2sc(=O)[nH]c2S[C@@H]31. The van der Waals surface area contributed by atoms with Crippen molar-refractivity contribution < 1.29 is 19.5 Å². The fraction of sp³-hybridized carbons (Fsp3) is 0.500. The lowest BCUT2D eigenvalue weighted by Gasteiger charge is -2.43. The summed E-state index contributed by atoms with van der Waals surface area (Å²) in [6.45, 7) is 3.45. The van der Waals surface area contributed by atoms with Crippen LogP contribution in [0.15, 0.2) is 34.1 Å². The molecule has 2 N–H and O–H groups in total. The summed E-state index contributed by atoms with van der Waals surface area (Å²) in [7, 11) is 0. The van der Waals surface area contributed by atoms with Gasteiger partial charge in [0.15, 0.2) is 0 Å². The van der Waals surface area contributed by atoms with Crippen LogP contribution in [0.5, 0.6) is 0 Å². The topological polar surface area (TPSA) is 108 Å². The van der Waals surface area contributed by atoms with Gasteiger partial charge in [-0.1, -0.05) is 48.9 Å². The predicted molar refractivity (Wildman–Crippen MR) is 128 cm³/mol. The predicted octanol–water partition coefficient (Wildman–Crippen LogP) is 3.67. The molecule has 34 heavy (non-hydrogen) atoms. The second kappa shape index (κ2) is 7.70. The number of nitrogens with zero attached hydrogens (tertiary/aromatic N) is 1. The third kappa shape index (κ3) is 2.96. The number of carboxylic acid groups (broad SMARTS) is 1. The first kappa shape index (κ1) is 22.4. The number of halogens is 1. The Morgan fingerprint density at radius 1 is 1.12 bits per heavy atom. The van der Waals surface area contributed by atoms with E-state index >= 15 is 0 Å². The maximum atomic E-state index is 13.6. The van der Waals surface area contributed by atoms with Crippen molar-refractivity contribution in [2.45, 2.75) is 42.5 Å². The Morgan fingerprint density at radius 2 is 1.76 bits per heavy atom. The van der Waals surface area contributed by atoms with Crippen LogP contribution in [-0.4, -0.2) is 44.1 Å². The normalized spacial score (nSPS) is 34.4. The maximum absolute atomic E-state index is 13.6. The minimum absolute atomic E-state index is 0.0283. The highest BCUT2D eigenvalue weighted by Crippen LogP contribution is 2.68. The molecule has 0 spiro atoms. The van der Waals surface area contributed by atoms with Crippen molar-refractivity contribution in [3.05, 3.63) is 49.4 Å². The average molecular weight is 519 g/mol. The number of aliphatic carboxylic acids is 1. The maximum Gasteiger partial charge on any atom is 0.327 e.